The second kappa shape index (κ2) is 7.55. The number of carbonyl (C=O) groups excluding carboxylic acids is 1. The molecule has 0 aliphatic heterocycles. The standard InChI is InChI=1S/C17H13Cl2N3O3/c1-24-12-5-2-10(3-6-12)8-15(23)20-17-22-21-16(25-17)13-9-11(18)4-7-14(13)19/h2-7,9H,8H2,1H3,(H,20,22,23). The largest absolute Gasteiger partial charge is 0.497 e. The molecule has 0 unspecified atom stereocenters. The van der Waals surface area contributed by atoms with Gasteiger partial charge in [0.15, 0.2) is 0 Å². The summed E-state index contributed by atoms with van der Waals surface area (Å²) in [7, 11) is 1.58. The van der Waals surface area contributed by atoms with Crippen LogP contribution in [0.4, 0.5) is 6.01 Å². The quantitative estimate of drug-likeness (QED) is 0.719. The van der Waals surface area contributed by atoms with Gasteiger partial charge in [-0.3, -0.25) is 10.1 Å². The average Bonchev–Trinajstić information content (AvgIpc) is 3.05. The molecule has 0 radical (unpaired) electrons. The van der Waals surface area contributed by atoms with Crippen LogP contribution < -0.4 is 10.1 Å². The molecule has 0 saturated carbocycles. The number of benzene rings is 2. The molecule has 25 heavy (non-hydrogen) atoms. The van der Waals surface area contributed by atoms with Crippen molar-refractivity contribution in [2.24, 2.45) is 0 Å². The number of methoxy groups -OCH3 is 1. The van der Waals surface area contributed by atoms with Crippen molar-refractivity contribution in [1.82, 2.24) is 10.2 Å². The van der Waals surface area contributed by atoms with Gasteiger partial charge >= 0.3 is 6.01 Å². The summed E-state index contributed by atoms with van der Waals surface area (Å²) in [4.78, 5) is 12.1. The zero-order chi connectivity index (χ0) is 17.8. The van der Waals surface area contributed by atoms with Crippen LogP contribution in [0.5, 0.6) is 5.75 Å². The van der Waals surface area contributed by atoms with Crippen LogP contribution in [0.3, 0.4) is 0 Å². The minimum atomic E-state index is -0.280. The van der Waals surface area contributed by atoms with Crippen molar-refractivity contribution >= 4 is 35.1 Å². The molecule has 0 fully saturated rings. The Kier molecular flexibility index (Phi) is 5.21. The summed E-state index contributed by atoms with van der Waals surface area (Å²) in [6.07, 6.45) is 0.166. The lowest BCUT2D eigenvalue weighted by atomic mass is 10.1. The van der Waals surface area contributed by atoms with Crippen molar-refractivity contribution in [3.05, 3.63) is 58.1 Å². The molecule has 0 aliphatic rings. The van der Waals surface area contributed by atoms with E-state index < -0.39 is 0 Å². The van der Waals surface area contributed by atoms with Crippen molar-refractivity contribution in [2.45, 2.75) is 6.42 Å². The second-order valence-corrected chi connectivity index (χ2v) is 5.95. The van der Waals surface area contributed by atoms with E-state index in [1.807, 2.05) is 12.1 Å². The van der Waals surface area contributed by atoms with Crippen LogP contribution in [0.25, 0.3) is 11.5 Å². The molecular weight excluding hydrogens is 365 g/mol. The van der Waals surface area contributed by atoms with Crippen molar-refractivity contribution in [2.75, 3.05) is 12.4 Å². The van der Waals surface area contributed by atoms with E-state index in [9.17, 15) is 4.79 Å². The fourth-order valence-electron chi connectivity index (χ4n) is 2.14. The predicted octanol–water partition coefficient (Wildman–Crippen LogP) is 4.23. The molecule has 3 rings (SSSR count). The molecule has 6 nitrogen and oxygen atoms in total. The van der Waals surface area contributed by atoms with Crippen LogP contribution in [0.15, 0.2) is 46.9 Å². The number of hydrogen-bond donors (Lipinski definition) is 1. The number of hydrogen-bond acceptors (Lipinski definition) is 5. The summed E-state index contributed by atoms with van der Waals surface area (Å²) in [6.45, 7) is 0. The molecule has 8 heteroatoms. The number of anilines is 1. The van der Waals surface area contributed by atoms with Gasteiger partial charge in [-0.15, -0.1) is 5.10 Å². The van der Waals surface area contributed by atoms with E-state index in [2.05, 4.69) is 15.5 Å². The molecule has 2 aromatic carbocycles. The number of nitrogens with one attached hydrogen (secondary N) is 1. The maximum Gasteiger partial charge on any atom is 0.322 e. The lowest BCUT2D eigenvalue weighted by molar-refractivity contribution is -0.115. The number of carbonyl (C=O) groups is 1. The minimum Gasteiger partial charge on any atom is -0.497 e. The highest BCUT2D eigenvalue weighted by Gasteiger charge is 2.14. The van der Waals surface area contributed by atoms with Gasteiger partial charge in [0.1, 0.15) is 5.75 Å². The molecule has 3 aromatic rings. The number of rotatable bonds is 5. The molecule has 1 aromatic heterocycles. The lowest BCUT2D eigenvalue weighted by Crippen LogP contribution is -2.14. The lowest BCUT2D eigenvalue weighted by Gasteiger charge is -2.03. The Hall–Kier alpha value is -2.57. The van der Waals surface area contributed by atoms with E-state index in [0.29, 0.717) is 15.6 Å². The maximum absolute atomic E-state index is 12.1. The Labute approximate surface area is 153 Å². The highest BCUT2D eigenvalue weighted by atomic mass is 35.5. The monoisotopic (exact) mass is 377 g/mol. The number of nitrogens with zero attached hydrogens (tertiary/aromatic N) is 2. The molecule has 1 heterocycles. The zero-order valence-electron chi connectivity index (χ0n) is 13.1. The van der Waals surface area contributed by atoms with Gasteiger partial charge in [-0.05, 0) is 35.9 Å². The molecule has 0 aliphatic carbocycles. The van der Waals surface area contributed by atoms with E-state index in [-0.39, 0.29) is 24.2 Å². The van der Waals surface area contributed by atoms with Crippen LogP contribution >= 0.6 is 23.2 Å². The fourth-order valence-corrected chi connectivity index (χ4v) is 2.51. The minimum absolute atomic E-state index is 0.00967. The van der Waals surface area contributed by atoms with E-state index in [1.54, 1.807) is 37.4 Å². The number of halogens is 2. The normalized spacial score (nSPS) is 10.5. The smallest absolute Gasteiger partial charge is 0.322 e. The topological polar surface area (TPSA) is 77.2 Å². The van der Waals surface area contributed by atoms with Gasteiger partial charge < -0.3 is 9.15 Å². The van der Waals surface area contributed by atoms with Gasteiger partial charge in [0.25, 0.3) is 5.89 Å². The first-order valence-corrected chi connectivity index (χ1v) is 8.02. The predicted molar refractivity (Wildman–Crippen MR) is 95.1 cm³/mol. The summed E-state index contributed by atoms with van der Waals surface area (Å²) in [5.74, 6) is 0.619. The molecule has 1 amide bonds. The van der Waals surface area contributed by atoms with Gasteiger partial charge in [-0.2, -0.15) is 0 Å². The van der Waals surface area contributed by atoms with Gasteiger partial charge in [-0.1, -0.05) is 40.4 Å². The molecule has 1 N–H and O–H groups in total. The Morgan fingerprint density at radius 1 is 1.16 bits per heavy atom. The summed E-state index contributed by atoms with van der Waals surface area (Å²) >= 11 is 12.0. The van der Waals surface area contributed by atoms with Crippen LogP contribution in [0.2, 0.25) is 10.0 Å². The van der Waals surface area contributed by atoms with Crippen LogP contribution in [0, 0.1) is 0 Å². The van der Waals surface area contributed by atoms with Gasteiger partial charge in [0.2, 0.25) is 5.91 Å². The molecule has 0 saturated heterocycles. The highest BCUT2D eigenvalue weighted by molar-refractivity contribution is 6.35. The molecule has 0 spiro atoms. The number of aromatic nitrogens is 2. The number of amides is 1. The van der Waals surface area contributed by atoms with Crippen molar-refractivity contribution < 1.29 is 13.9 Å². The third kappa shape index (κ3) is 4.29. The Morgan fingerprint density at radius 2 is 1.92 bits per heavy atom. The summed E-state index contributed by atoms with van der Waals surface area (Å²) in [5.41, 5.74) is 1.33. The van der Waals surface area contributed by atoms with Crippen molar-refractivity contribution in [3.63, 3.8) is 0 Å². The first-order chi connectivity index (χ1) is 12.0. The highest BCUT2D eigenvalue weighted by Crippen LogP contribution is 2.30. The molecule has 0 bridgehead atoms. The third-order valence-corrected chi connectivity index (χ3v) is 3.92. The zero-order valence-corrected chi connectivity index (χ0v) is 14.6. The Balaban J connectivity index is 1.68. The SMILES string of the molecule is COc1ccc(CC(=O)Nc2nnc(-c3cc(Cl)ccc3Cl)o2)cc1. The first-order valence-electron chi connectivity index (χ1n) is 7.27. The van der Waals surface area contributed by atoms with Gasteiger partial charge in [0.05, 0.1) is 24.1 Å². The third-order valence-electron chi connectivity index (χ3n) is 3.35. The van der Waals surface area contributed by atoms with Crippen LogP contribution in [0.1, 0.15) is 5.56 Å². The summed E-state index contributed by atoms with van der Waals surface area (Å²) < 4.78 is 10.5. The Morgan fingerprint density at radius 3 is 2.64 bits per heavy atom. The van der Waals surface area contributed by atoms with Crippen LogP contribution in [-0.4, -0.2) is 23.2 Å². The van der Waals surface area contributed by atoms with Gasteiger partial charge in [-0.25, -0.2) is 0 Å². The second-order valence-electron chi connectivity index (χ2n) is 5.11. The summed E-state index contributed by atoms with van der Waals surface area (Å²) in [5, 5.41) is 11.1. The summed E-state index contributed by atoms with van der Waals surface area (Å²) in [6, 6.07) is 12.1. The van der Waals surface area contributed by atoms with Gasteiger partial charge in [0, 0.05) is 5.02 Å². The van der Waals surface area contributed by atoms with Crippen molar-refractivity contribution in [3.8, 4) is 17.2 Å². The average molecular weight is 378 g/mol. The number of ether oxygens (including phenoxy) is 1. The fraction of sp³-hybridized carbons (Fsp3) is 0.118. The first kappa shape index (κ1) is 17.3. The van der Waals surface area contributed by atoms with E-state index in [1.165, 1.54) is 0 Å². The van der Waals surface area contributed by atoms with E-state index in [4.69, 9.17) is 32.4 Å². The molecule has 128 valence electrons. The van der Waals surface area contributed by atoms with E-state index >= 15 is 0 Å². The maximum atomic E-state index is 12.1. The molecule has 0 atom stereocenters. The van der Waals surface area contributed by atoms with Crippen LogP contribution in [-0.2, 0) is 11.2 Å². The van der Waals surface area contributed by atoms with E-state index in [0.717, 1.165) is 11.3 Å². The molecular formula is C17H13Cl2N3O3. The van der Waals surface area contributed by atoms with Crippen molar-refractivity contribution in [1.29, 1.82) is 0 Å². The Bertz CT molecular complexity index is 894.